The quantitative estimate of drug-likeness (QED) is 0.771. The van der Waals surface area contributed by atoms with Crippen molar-refractivity contribution < 1.29 is 19.4 Å². The minimum Gasteiger partial charge on any atom is -0.464 e. The summed E-state index contributed by atoms with van der Waals surface area (Å²) in [5.41, 5.74) is 0.428. The minimum absolute atomic E-state index is 0.180. The molecule has 0 saturated carbocycles. The third kappa shape index (κ3) is 4.35. The fraction of sp³-hybridized carbons (Fsp3) is 0.467. The van der Waals surface area contributed by atoms with Gasteiger partial charge in [0.1, 0.15) is 0 Å². The Labute approximate surface area is 118 Å². The number of hydrogen-bond donors (Lipinski definition) is 2. The van der Waals surface area contributed by atoms with Gasteiger partial charge in [0, 0.05) is 5.56 Å². The van der Waals surface area contributed by atoms with Crippen LogP contribution in [0.2, 0.25) is 0 Å². The molecule has 0 radical (unpaired) electrons. The third-order valence-corrected chi connectivity index (χ3v) is 2.89. The van der Waals surface area contributed by atoms with E-state index in [0.717, 1.165) is 0 Å². The van der Waals surface area contributed by atoms with Gasteiger partial charge in [0.05, 0.1) is 12.7 Å². The molecular weight excluding hydrogens is 258 g/mol. The number of amides is 1. The van der Waals surface area contributed by atoms with E-state index in [0.29, 0.717) is 5.56 Å². The van der Waals surface area contributed by atoms with Crippen LogP contribution in [0.1, 0.15) is 31.1 Å². The van der Waals surface area contributed by atoms with Crippen LogP contribution >= 0.6 is 0 Å². The van der Waals surface area contributed by atoms with Gasteiger partial charge in [-0.15, -0.1) is 0 Å². The highest BCUT2D eigenvalue weighted by molar-refractivity contribution is 5.96. The monoisotopic (exact) mass is 279 g/mol. The van der Waals surface area contributed by atoms with E-state index < -0.39 is 24.0 Å². The number of carbonyl (C=O) groups is 2. The number of esters is 1. The van der Waals surface area contributed by atoms with Gasteiger partial charge in [-0.05, 0) is 25.0 Å². The molecule has 1 amide bonds. The molecule has 5 heteroatoms. The zero-order valence-corrected chi connectivity index (χ0v) is 12.0. The fourth-order valence-corrected chi connectivity index (χ4v) is 1.71. The van der Waals surface area contributed by atoms with Crippen molar-refractivity contribution in [3.63, 3.8) is 0 Å². The number of aliphatic hydroxyl groups is 1. The zero-order chi connectivity index (χ0) is 15.1. The van der Waals surface area contributed by atoms with E-state index >= 15 is 0 Å². The first-order valence-electron chi connectivity index (χ1n) is 6.68. The van der Waals surface area contributed by atoms with Gasteiger partial charge in [-0.2, -0.15) is 0 Å². The summed E-state index contributed by atoms with van der Waals surface area (Å²) in [6.07, 6.45) is -0.998. The van der Waals surface area contributed by atoms with Gasteiger partial charge in [0.25, 0.3) is 5.91 Å². The lowest BCUT2D eigenvalue weighted by molar-refractivity contribution is -0.149. The number of nitrogens with one attached hydrogen (secondary N) is 1. The highest BCUT2D eigenvalue weighted by Crippen LogP contribution is 2.09. The van der Waals surface area contributed by atoms with Crippen molar-refractivity contribution in [2.24, 2.45) is 5.92 Å². The molecule has 1 aromatic rings. The maximum atomic E-state index is 12.1. The predicted octanol–water partition coefficient (Wildman–Crippen LogP) is 1.36. The van der Waals surface area contributed by atoms with E-state index in [1.807, 2.05) is 0 Å². The average Bonchev–Trinajstić information content (AvgIpc) is 2.44. The first kappa shape index (κ1) is 16.2. The highest BCUT2D eigenvalue weighted by Gasteiger charge is 2.31. The van der Waals surface area contributed by atoms with E-state index in [4.69, 9.17) is 4.74 Å². The van der Waals surface area contributed by atoms with E-state index in [1.165, 1.54) is 0 Å². The van der Waals surface area contributed by atoms with E-state index in [2.05, 4.69) is 5.32 Å². The lowest BCUT2D eigenvalue weighted by atomic mass is 9.99. The lowest BCUT2D eigenvalue weighted by Crippen LogP contribution is -2.51. The maximum Gasteiger partial charge on any atom is 0.331 e. The van der Waals surface area contributed by atoms with Crippen molar-refractivity contribution in [3.05, 3.63) is 35.9 Å². The summed E-state index contributed by atoms with van der Waals surface area (Å²) < 4.78 is 4.90. The Bertz CT molecular complexity index is 444. The van der Waals surface area contributed by atoms with Crippen LogP contribution in [-0.4, -0.2) is 35.7 Å². The summed E-state index contributed by atoms with van der Waals surface area (Å²) in [7, 11) is 0. The van der Waals surface area contributed by atoms with Crippen molar-refractivity contribution in [1.82, 2.24) is 5.32 Å². The number of benzene rings is 1. The van der Waals surface area contributed by atoms with Gasteiger partial charge in [0.2, 0.25) is 0 Å². The first-order chi connectivity index (χ1) is 9.47. The van der Waals surface area contributed by atoms with Gasteiger partial charge in [0.15, 0.2) is 6.04 Å². The number of ether oxygens (including phenoxy) is 1. The van der Waals surface area contributed by atoms with Crippen LogP contribution in [0.3, 0.4) is 0 Å². The van der Waals surface area contributed by atoms with Crippen LogP contribution in [0.25, 0.3) is 0 Å². The second kappa shape index (κ2) is 7.65. The molecule has 0 aromatic heterocycles. The molecule has 0 aliphatic rings. The third-order valence-electron chi connectivity index (χ3n) is 2.89. The largest absolute Gasteiger partial charge is 0.464 e. The smallest absolute Gasteiger partial charge is 0.331 e. The van der Waals surface area contributed by atoms with Crippen molar-refractivity contribution in [1.29, 1.82) is 0 Å². The summed E-state index contributed by atoms with van der Waals surface area (Å²) in [6, 6.07) is 7.46. The molecule has 0 aliphatic carbocycles. The van der Waals surface area contributed by atoms with Gasteiger partial charge in [-0.1, -0.05) is 32.0 Å². The van der Waals surface area contributed by atoms with Gasteiger partial charge >= 0.3 is 5.97 Å². The molecule has 1 rings (SSSR count). The van der Waals surface area contributed by atoms with Crippen LogP contribution in [0.4, 0.5) is 0 Å². The molecule has 0 saturated heterocycles. The van der Waals surface area contributed by atoms with E-state index in [9.17, 15) is 14.7 Å². The maximum absolute atomic E-state index is 12.1. The summed E-state index contributed by atoms with van der Waals surface area (Å²) in [4.78, 5) is 23.9. The molecule has 0 aliphatic heterocycles. The topological polar surface area (TPSA) is 75.6 Å². The Balaban J connectivity index is 2.84. The molecule has 5 nitrogen and oxygen atoms in total. The minimum atomic E-state index is -1.07. The molecule has 0 unspecified atom stereocenters. The lowest BCUT2D eigenvalue weighted by Gasteiger charge is -2.25. The van der Waals surface area contributed by atoms with E-state index in [-0.39, 0.29) is 12.5 Å². The van der Waals surface area contributed by atoms with Crippen LogP contribution < -0.4 is 5.32 Å². The number of rotatable bonds is 6. The van der Waals surface area contributed by atoms with Gasteiger partial charge in [-0.3, -0.25) is 4.79 Å². The average molecular weight is 279 g/mol. The van der Waals surface area contributed by atoms with Gasteiger partial charge < -0.3 is 15.2 Å². The summed E-state index contributed by atoms with van der Waals surface area (Å²) in [5.74, 6) is -1.22. The Morgan fingerprint density at radius 1 is 1.25 bits per heavy atom. The van der Waals surface area contributed by atoms with E-state index in [1.54, 1.807) is 51.1 Å². The molecule has 110 valence electrons. The Kier molecular flexibility index (Phi) is 6.18. The number of carbonyl (C=O) groups excluding carboxylic acids is 2. The van der Waals surface area contributed by atoms with Crippen LogP contribution in [-0.2, 0) is 9.53 Å². The number of aliphatic hydroxyl groups excluding tert-OH is 1. The second-order valence-corrected chi connectivity index (χ2v) is 4.80. The van der Waals surface area contributed by atoms with Crippen LogP contribution in [0, 0.1) is 5.92 Å². The molecule has 0 bridgehead atoms. The molecular formula is C15H21NO4. The zero-order valence-electron chi connectivity index (χ0n) is 12.0. The van der Waals surface area contributed by atoms with Crippen molar-refractivity contribution in [3.8, 4) is 0 Å². The molecule has 0 heterocycles. The standard InChI is InChI=1S/C15H21NO4/c1-4-20-15(19)12(13(17)10(2)3)16-14(18)11-8-6-5-7-9-11/h5-10,12-13,17H,4H2,1-3H3,(H,16,18)/t12-,13+/m1/s1. The summed E-state index contributed by atoms with van der Waals surface area (Å²) in [5, 5.41) is 12.6. The predicted molar refractivity (Wildman–Crippen MR) is 75.2 cm³/mol. The Morgan fingerprint density at radius 3 is 2.35 bits per heavy atom. The summed E-state index contributed by atoms with van der Waals surface area (Å²) >= 11 is 0. The molecule has 2 atom stereocenters. The van der Waals surface area contributed by atoms with Gasteiger partial charge in [-0.25, -0.2) is 4.79 Å². The molecule has 0 fully saturated rings. The normalized spacial score (nSPS) is 13.7. The van der Waals surface area contributed by atoms with Crippen LogP contribution in [0.5, 0.6) is 0 Å². The van der Waals surface area contributed by atoms with Crippen molar-refractivity contribution >= 4 is 11.9 Å². The second-order valence-electron chi connectivity index (χ2n) is 4.80. The SMILES string of the molecule is CCOC(=O)[C@H](NC(=O)c1ccccc1)[C@@H](O)C(C)C. The summed E-state index contributed by atoms with van der Waals surface area (Å²) in [6.45, 7) is 5.41. The fourth-order valence-electron chi connectivity index (χ4n) is 1.71. The molecule has 0 spiro atoms. The van der Waals surface area contributed by atoms with Crippen molar-refractivity contribution in [2.75, 3.05) is 6.61 Å². The Morgan fingerprint density at radius 2 is 1.85 bits per heavy atom. The Hall–Kier alpha value is -1.88. The van der Waals surface area contributed by atoms with Crippen molar-refractivity contribution in [2.45, 2.75) is 32.9 Å². The highest BCUT2D eigenvalue weighted by atomic mass is 16.5. The number of hydrogen-bond acceptors (Lipinski definition) is 4. The molecule has 20 heavy (non-hydrogen) atoms. The molecule has 1 aromatic carbocycles. The molecule has 2 N–H and O–H groups in total. The first-order valence-corrected chi connectivity index (χ1v) is 6.68. The van der Waals surface area contributed by atoms with Crippen LogP contribution in [0.15, 0.2) is 30.3 Å².